The molecule has 0 bridgehead atoms. The molecule has 0 amide bonds. The van der Waals surface area contributed by atoms with Crippen molar-refractivity contribution in [3.63, 3.8) is 0 Å². The minimum atomic E-state index is 0.801. The molecule has 0 saturated heterocycles. The molecule has 2 aromatic carbocycles. The molecule has 104 valence electrons. The molecule has 1 aliphatic rings. The van der Waals surface area contributed by atoms with Gasteiger partial charge in [0.25, 0.3) is 0 Å². The van der Waals surface area contributed by atoms with E-state index in [1.165, 1.54) is 21.9 Å². The Balaban J connectivity index is 1.58. The van der Waals surface area contributed by atoms with Crippen molar-refractivity contribution in [2.75, 3.05) is 11.9 Å². The number of anilines is 1. The van der Waals surface area contributed by atoms with Crippen LogP contribution in [0.4, 0.5) is 5.69 Å². The van der Waals surface area contributed by atoms with Crippen LogP contribution in [-0.4, -0.2) is 11.6 Å². The van der Waals surface area contributed by atoms with Crippen LogP contribution in [0.1, 0.15) is 11.1 Å². The highest BCUT2D eigenvalue weighted by atomic mass is 16.5. The van der Waals surface area contributed by atoms with Gasteiger partial charge in [-0.3, -0.25) is 4.98 Å². The molecule has 0 unspecified atom stereocenters. The van der Waals surface area contributed by atoms with Crippen LogP contribution in [0.25, 0.3) is 10.8 Å². The van der Waals surface area contributed by atoms with E-state index in [0.717, 1.165) is 31.0 Å². The van der Waals surface area contributed by atoms with Gasteiger partial charge in [-0.2, -0.15) is 0 Å². The Hall–Kier alpha value is -2.55. The average Bonchev–Trinajstić information content (AvgIpc) is 3.00. The van der Waals surface area contributed by atoms with E-state index >= 15 is 0 Å². The number of nitrogens with zero attached hydrogens (tertiary/aromatic N) is 1. The highest BCUT2D eigenvalue weighted by Gasteiger charge is 2.11. The fourth-order valence-corrected chi connectivity index (χ4v) is 2.84. The summed E-state index contributed by atoms with van der Waals surface area (Å²) in [6.45, 7) is 1.61. The maximum absolute atomic E-state index is 5.54. The van der Waals surface area contributed by atoms with Crippen molar-refractivity contribution < 1.29 is 4.74 Å². The van der Waals surface area contributed by atoms with Crippen molar-refractivity contribution in [2.45, 2.75) is 13.0 Å². The Kier molecular flexibility index (Phi) is 2.96. The molecular weight excluding hydrogens is 260 g/mol. The number of benzene rings is 2. The van der Waals surface area contributed by atoms with Crippen LogP contribution in [0, 0.1) is 0 Å². The molecule has 4 rings (SSSR count). The number of ether oxygens (including phenoxy) is 1. The molecule has 1 aliphatic heterocycles. The first kappa shape index (κ1) is 12.2. The van der Waals surface area contributed by atoms with Gasteiger partial charge in [0.1, 0.15) is 5.75 Å². The summed E-state index contributed by atoms with van der Waals surface area (Å²) < 4.78 is 5.54. The Labute approximate surface area is 123 Å². The Morgan fingerprint density at radius 3 is 3.14 bits per heavy atom. The number of rotatable bonds is 3. The third-order valence-electron chi connectivity index (χ3n) is 3.94. The van der Waals surface area contributed by atoms with Gasteiger partial charge in [-0.15, -0.1) is 0 Å². The van der Waals surface area contributed by atoms with Gasteiger partial charge in [0.15, 0.2) is 0 Å². The lowest BCUT2D eigenvalue weighted by atomic mass is 10.1. The normalized spacial score (nSPS) is 13.0. The van der Waals surface area contributed by atoms with Gasteiger partial charge in [-0.25, -0.2) is 0 Å². The molecule has 21 heavy (non-hydrogen) atoms. The van der Waals surface area contributed by atoms with Crippen LogP contribution < -0.4 is 10.1 Å². The quantitative estimate of drug-likeness (QED) is 0.790. The first-order valence-electron chi connectivity index (χ1n) is 7.21. The summed E-state index contributed by atoms with van der Waals surface area (Å²) >= 11 is 0. The van der Waals surface area contributed by atoms with Crippen molar-refractivity contribution in [1.29, 1.82) is 0 Å². The predicted octanol–water partition coefficient (Wildman–Crippen LogP) is 3.78. The monoisotopic (exact) mass is 276 g/mol. The fourth-order valence-electron chi connectivity index (χ4n) is 2.84. The van der Waals surface area contributed by atoms with Gasteiger partial charge in [0.2, 0.25) is 0 Å². The second-order valence-electron chi connectivity index (χ2n) is 5.29. The summed E-state index contributed by atoms with van der Waals surface area (Å²) in [7, 11) is 0. The van der Waals surface area contributed by atoms with Gasteiger partial charge >= 0.3 is 0 Å². The first-order chi connectivity index (χ1) is 10.4. The van der Waals surface area contributed by atoms with E-state index in [0.29, 0.717) is 0 Å². The number of fused-ring (bicyclic) bond motifs is 2. The predicted molar refractivity (Wildman–Crippen MR) is 84.7 cm³/mol. The molecular formula is C18H16N2O. The van der Waals surface area contributed by atoms with E-state index in [1.54, 1.807) is 0 Å². The average molecular weight is 276 g/mol. The van der Waals surface area contributed by atoms with Crippen LogP contribution in [0.5, 0.6) is 5.75 Å². The van der Waals surface area contributed by atoms with Crippen LogP contribution in [0.3, 0.4) is 0 Å². The summed E-state index contributed by atoms with van der Waals surface area (Å²) in [5.74, 6) is 1.02. The molecule has 0 saturated carbocycles. The lowest BCUT2D eigenvalue weighted by molar-refractivity contribution is 0.357. The molecule has 0 radical (unpaired) electrons. The second kappa shape index (κ2) is 5.09. The van der Waals surface area contributed by atoms with Crippen molar-refractivity contribution >= 4 is 16.5 Å². The summed E-state index contributed by atoms with van der Waals surface area (Å²) in [5, 5.41) is 5.94. The molecule has 0 spiro atoms. The van der Waals surface area contributed by atoms with Crippen LogP contribution in [0.15, 0.2) is 54.9 Å². The lowest BCUT2D eigenvalue weighted by Crippen LogP contribution is -2.00. The van der Waals surface area contributed by atoms with E-state index in [2.05, 4.69) is 52.8 Å². The third kappa shape index (κ3) is 2.31. The zero-order valence-corrected chi connectivity index (χ0v) is 11.7. The van der Waals surface area contributed by atoms with Gasteiger partial charge in [-0.1, -0.05) is 18.2 Å². The Morgan fingerprint density at radius 2 is 2.14 bits per heavy atom. The SMILES string of the molecule is c1cc(CNc2ccc3c(c2)CCO3)c2ccncc2c1. The standard InChI is InChI=1S/C18H16N2O/c1-2-14-11-19-8-6-17(14)15(3-1)12-20-16-4-5-18-13(10-16)7-9-21-18/h1-6,8,10-11,20H,7,9,12H2. The molecule has 0 atom stereocenters. The Bertz CT molecular complexity index is 793. The summed E-state index contributed by atoms with van der Waals surface area (Å²) in [6, 6.07) is 14.7. The molecule has 3 nitrogen and oxygen atoms in total. The van der Waals surface area contributed by atoms with E-state index in [4.69, 9.17) is 4.74 Å². The minimum absolute atomic E-state index is 0.801. The van der Waals surface area contributed by atoms with Crippen molar-refractivity contribution in [3.8, 4) is 5.75 Å². The van der Waals surface area contributed by atoms with E-state index in [-0.39, 0.29) is 0 Å². The highest BCUT2D eigenvalue weighted by molar-refractivity contribution is 5.84. The third-order valence-corrected chi connectivity index (χ3v) is 3.94. The minimum Gasteiger partial charge on any atom is -0.493 e. The second-order valence-corrected chi connectivity index (χ2v) is 5.29. The zero-order chi connectivity index (χ0) is 14.1. The molecule has 1 N–H and O–H groups in total. The molecule has 3 aromatic rings. The van der Waals surface area contributed by atoms with Crippen LogP contribution >= 0.6 is 0 Å². The Morgan fingerprint density at radius 1 is 1.14 bits per heavy atom. The van der Waals surface area contributed by atoms with Gasteiger partial charge in [-0.05, 0) is 40.8 Å². The smallest absolute Gasteiger partial charge is 0.122 e. The number of hydrogen-bond acceptors (Lipinski definition) is 3. The van der Waals surface area contributed by atoms with Gasteiger partial charge in [0, 0.05) is 36.4 Å². The van der Waals surface area contributed by atoms with E-state index < -0.39 is 0 Å². The van der Waals surface area contributed by atoms with E-state index in [9.17, 15) is 0 Å². The molecule has 0 aliphatic carbocycles. The molecule has 1 aromatic heterocycles. The maximum atomic E-state index is 5.54. The van der Waals surface area contributed by atoms with Crippen LogP contribution in [0.2, 0.25) is 0 Å². The molecule has 0 fully saturated rings. The van der Waals surface area contributed by atoms with E-state index in [1.807, 2.05) is 12.4 Å². The molecule has 2 heterocycles. The highest BCUT2D eigenvalue weighted by Crippen LogP contribution is 2.28. The summed E-state index contributed by atoms with van der Waals surface area (Å²) in [6.07, 6.45) is 4.76. The maximum Gasteiger partial charge on any atom is 0.122 e. The van der Waals surface area contributed by atoms with Gasteiger partial charge < -0.3 is 10.1 Å². The lowest BCUT2D eigenvalue weighted by Gasteiger charge is -2.10. The number of nitrogens with one attached hydrogen (secondary N) is 1. The number of pyridine rings is 1. The summed E-state index contributed by atoms with van der Waals surface area (Å²) in [4.78, 5) is 4.18. The largest absolute Gasteiger partial charge is 0.493 e. The fraction of sp³-hybridized carbons (Fsp3) is 0.167. The van der Waals surface area contributed by atoms with Crippen molar-refractivity contribution in [1.82, 2.24) is 4.98 Å². The van der Waals surface area contributed by atoms with Crippen molar-refractivity contribution in [3.05, 3.63) is 66.0 Å². The van der Waals surface area contributed by atoms with Crippen molar-refractivity contribution in [2.24, 2.45) is 0 Å². The summed E-state index contributed by atoms with van der Waals surface area (Å²) in [5.41, 5.74) is 3.72. The number of hydrogen-bond donors (Lipinski definition) is 1. The van der Waals surface area contributed by atoms with Gasteiger partial charge in [0.05, 0.1) is 6.61 Å². The molecule has 3 heteroatoms. The number of aromatic nitrogens is 1. The topological polar surface area (TPSA) is 34.1 Å². The zero-order valence-electron chi connectivity index (χ0n) is 11.7. The first-order valence-corrected chi connectivity index (χ1v) is 7.21. The van der Waals surface area contributed by atoms with Crippen LogP contribution in [-0.2, 0) is 13.0 Å².